The molecule has 0 unspecified atom stereocenters. The van der Waals surface area contributed by atoms with Crippen LogP contribution in [0.2, 0.25) is 0 Å². The third kappa shape index (κ3) is 2.30. The second-order valence-electron chi connectivity index (χ2n) is 4.27. The molecule has 0 saturated carbocycles. The summed E-state index contributed by atoms with van der Waals surface area (Å²) in [6.45, 7) is 8.34. The molecule has 0 heterocycles. The molecule has 0 spiro atoms. The number of amides is 2. The minimum Gasteiger partial charge on any atom is -0.398 e. The minimum absolute atomic E-state index is 0.299. The molecule has 2 N–H and O–H groups in total. The Bertz CT molecular complexity index is 479. The normalized spacial score (nSPS) is 10.2. The van der Waals surface area contributed by atoms with Crippen molar-refractivity contribution in [2.75, 3.05) is 10.6 Å². The average Bonchev–Trinajstić information content (AvgIpc) is 2.19. The summed E-state index contributed by atoms with van der Waals surface area (Å²) in [5, 5.41) is 0. The van der Waals surface area contributed by atoms with Gasteiger partial charge in [-0.2, -0.15) is 0 Å². The zero-order valence-corrected chi connectivity index (χ0v) is 10.9. The Morgan fingerprint density at radius 2 is 1.53 bits per heavy atom. The van der Waals surface area contributed by atoms with E-state index in [9.17, 15) is 9.59 Å². The van der Waals surface area contributed by atoms with Gasteiger partial charge in [-0.3, -0.25) is 14.5 Å². The Morgan fingerprint density at radius 1 is 1.06 bits per heavy atom. The summed E-state index contributed by atoms with van der Waals surface area (Å²) >= 11 is 0. The van der Waals surface area contributed by atoms with Crippen molar-refractivity contribution in [3.05, 3.63) is 22.8 Å². The molecule has 4 heteroatoms. The lowest BCUT2D eigenvalue weighted by molar-refractivity contribution is -0.124. The summed E-state index contributed by atoms with van der Waals surface area (Å²) in [6, 6.07) is 1.89. The van der Waals surface area contributed by atoms with Crippen molar-refractivity contribution < 1.29 is 9.59 Å². The molecule has 0 radical (unpaired) electrons. The third-order valence-corrected chi connectivity index (χ3v) is 2.84. The first-order valence-electron chi connectivity index (χ1n) is 5.45. The second-order valence-corrected chi connectivity index (χ2v) is 4.27. The molecule has 0 aromatic heterocycles. The van der Waals surface area contributed by atoms with Gasteiger partial charge in [-0.1, -0.05) is 6.07 Å². The van der Waals surface area contributed by atoms with Crippen molar-refractivity contribution in [2.45, 2.75) is 34.6 Å². The van der Waals surface area contributed by atoms with Crippen LogP contribution in [-0.2, 0) is 9.59 Å². The molecule has 1 rings (SSSR count). The van der Waals surface area contributed by atoms with Gasteiger partial charge in [0, 0.05) is 19.5 Å². The highest BCUT2D eigenvalue weighted by atomic mass is 16.2. The fraction of sp³-hybridized carbons (Fsp3) is 0.385. The van der Waals surface area contributed by atoms with Crippen LogP contribution in [0.5, 0.6) is 0 Å². The molecule has 0 atom stereocenters. The van der Waals surface area contributed by atoms with Crippen LogP contribution in [0, 0.1) is 20.8 Å². The lowest BCUT2D eigenvalue weighted by Gasteiger charge is -2.23. The van der Waals surface area contributed by atoms with Crippen LogP contribution < -0.4 is 10.6 Å². The van der Waals surface area contributed by atoms with E-state index in [2.05, 4.69) is 0 Å². The fourth-order valence-corrected chi connectivity index (χ4v) is 2.07. The quantitative estimate of drug-likeness (QED) is 0.757. The predicted molar refractivity (Wildman–Crippen MR) is 68.9 cm³/mol. The number of benzene rings is 1. The van der Waals surface area contributed by atoms with Crippen molar-refractivity contribution >= 4 is 23.2 Å². The molecule has 0 aliphatic heterocycles. The maximum Gasteiger partial charge on any atom is 0.230 e. The summed E-state index contributed by atoms with van der Waals surface area (Å²) in [5.74, 6) is -0.598. The smallest absolute Gasteiger partial charge is 0.230 e. The number of nitrogens with two attached hydrogens (primary N) is 1. The van der Waals surface area contributed by atoms with E-state index in [1.54, 1.807) is 0 Å². The summed E-state index contributed by atoms with van der Waals surface area (Å²) in [6.07, 6.45) is 0. The van der Waals surface area contributed by atoms with Gasteiger partial charge in [0.15, 0.2) is 0 Å². The van der Waals surface area contributed by atoms with Gasteiger partial charge in [0.05, 0.1) is 5.69 Å². The monoisotopic (exact) mass is 234 g/mol. The number of aryl methyl sites for hydroxylation is 2. The fourth-order valence-electron chi connectivity index (χ4n) is 2.07. The lowest BCUT2D eigenvalue weighted by atomic mass is 10.0. The molecule has 17 heavy (non-hydrogen) atoms. The van der Waals surface area contributed by atoms with E-state index in [-0.39, 0.29) is 11.8 Å². The lowest BCUT2D eigenvalue weighted by Crippen LogP contribution is -2.34. The summed E-state index contributed by atoms with van der Waals surface area (Å²) < 4.78 is 0. The standard InChI is InChI=1S/C13H18N2O2/c1-7-6-8(2)13(9(3)12(7)14)15(10(4)16)11(5)17/h6H,14H2,1-5H3. The maximum absolute atomic E-state index is 11.6. The van der Waals surface area contributed by atoms with E-state index in [0.717, 1.165) is 16.7 Å². The van der Waals surface area contributed by atoms with E-state index < -0.39 is 0 Å². The SMILES string of the molecule is CC(=O)N(C(C)=O)c1c(C)cc(C)c(N)c1C. The molecule has 1 aromatic carbocycles. The Hall–Kier alpha value is -1.84. The van der Waals surface area contributed by atoms with E-state index in [0.29, 0.717) is 11.4 Å². The van der Waals surface area contributed by atoms with Crippen LogP contribution >= 0.6 is 0 Å². The van der Waals surface area contributed by atoms with E-state index in [1.165, 1.54) is 18.7 Å². The number of hydrogen-bond acceptors (Lipinski definition) is 3. The first-order valence-corrected chi connectivity index (χ1v) is 5.45. The summed E-state index contributed by atoms with van der Waals surface area (Å²) in [5.41, 5.74) is 9.77. The predicted octanol–water partition coefficient (Wildman–Crippen LogP) is 2.09. The molecule has 0 fully saturated rings. The number of nitrogen functional groups attached to an aromatic ring is 1. The van der Waals surface area contributed by atoms with Crippen LogP contribution in [0.1, 0.15) is 30.5 Å². The Labute approximate surface area is 101 Å². The molecule has 2 amide bonds. The number of carbonyl (C=O) groups excluding carboxylic acids is 2. The Balaban J connectivity index is 3.54. The largest absolute Gasteiger partial charge is 0.398 e. The van der Waals surface area contributed by atoms with E-state index in [1.807, 2.05) is 26.8 Å². The van der Waals surface area contributed by atoms with Crippen molar-refractivity contribution in [1.82, 2.24) is 0 Å². The van der Waals surface area contributed by atoms with Crippen LogP contribution in [0.3, 0.4) is 0 Å². The number of carbonyl (C=O) groups is 2. The summed E-state index contributed by atoms with van der Waals surface area (Å²) in [4.78, 5) is 24.3. The molecule has 0 aliphatic rings. The number of hydrogen-bond donors (Lipinski definition) is 1. The minimum atomic E-state index is -0.299. The van der Waals surface area contributed by atoms with Gasteiger partial charge in [-0.05, 0) is 37.5 Å². The van der Waals surface area contributed by atoms with Crippen LogP contribution in [0.15, 0.2) is 6.07 Å². The molecule has 4 nitrogen and oxygen atoms in total. The second kappa shape index (κ2) is 4.57. The zero-order valence-electron chi connectivity index (χ0n) is 10.9. The van der Waals surface area contributed by atoms with Crippen LogP contribution in [0.25, 0.3) is 0 Å². The van der Waals surface area contributed by atoms with Gasteiger partial charge in [0.25, 0.3) is 0 Å². The number of rotatable bonds is 1. The molecule has 0 bridgehead atoms. The van der Waals surface area contributed by atoms with Crippen molar-refractivity contribution in [3.8, 4) is 0 Å². The van der Waals surface area contributed by atoms with E-state index in [4.69, 9.17) is 5.73 Å². The number of imide groups is 1. The average molecular weight is 234 g/mol. The zero-order chi connectivity index (χ0) is 13.3. The summed E-state index contributed by atoms with van der Waals surface area (Å²) in [7, 11) is 0. The highest BCUT2D eigenvalue weighted by Crippen LogP contribution is 2.31. The Morgan fingerprint density at radius 3 is 1.94 bits per heavy atom. The van der Waals surface area contributed by atoms with Crippen molar-refractivity contribution in [3.63, 3.8) is 0 Å². The first-order chi connectivity index (χ1) is 7.77. The van der Waals surface area contributed by atoms with E-state index >= 15 is 0 Å². The van der Waals surface area contributed by atoms with Gasteiger partial charge >= 0.3 is 0 Å². The van der Waals surface area contributed by atoms with Gasteiger partial charge in [0.2, 0.25) is 11.8 Å². The molecular formula is C13H18N2O2. The van der Waals surface area contributed by atoms with Gasteiger partial charge < -0.3 is 5.73 Å². The van der Waals surface area contributed by atoms with Gasteiger partial charge in [-0.25, -0.2) is 0 Å². The molecule has 1 aromatic rings. The van der Waals surface area contributed by atoms with Crippen LogP contribution in [-0.4, -0.2) is 11.8 Å². The number of anilines is 2. The molecule has 0 aliphatic carbocycles. The van der Waals surface area contributed by atoms with Crippen molar-refractivity contribution in [2.24, 2.45) is 0 Å². The first kappa shape index (κ1) is 13.2. The Kier molecular flexibility index (Phi) is 3.56. The van der Waals surface area contributed by atoms with Crippen molar-refractivity contribution in [1.29, 1.82) is 0 Å². The van der Waals surface area contributed by atoms with Gasteiger partial charge in [0.1, 0.15) is 0 Å². The molecule has 92 valence electrons. The maximum atomic E-state index is 11.6. The van der Waals surface area contributed by atoms with Crippen LogP contribution in [0.4, 0.5) is 11.4 Å². The third-order valence-electron chi connectivity index (χ3n) is 2.84. The highest BCUT2D eigenvalue weighted by Gasteiger charge is 2.22. The van der Waals surface area contributed by atoms with Gasteiger partial charge in [-0.15, -0.1) is 0 Å². The highest BCUT2D eigenvalue weighted by molar-refractivity contribution is 6.14. The molecular weight excluding hydrogens is 216 g/mol. The molecule has 0 saturated heterocycles. The topological polar surface area (TPSA) is 63.4 Å². The number of nitrogens with zero attached hydrogens (tertiary/aromatic N) is 1.